The average molecular weight is 372 g/mol. The van der Waals surface area contributed by atoms with E-state index in [1.54, 1.807) is 18.2 Å². The van der Waals surface area contributed by atoms with Crippen LogP contribution in [0.4, 0.5) is 0 Å². The van der Waals surface area contributed by atoms with Crippen molar-refractivity contribution in [1.82, 2.24) is 9.47 Å². The van der Waals surface area contributed by atoms with Crippen LogP contribution in [-0.4, -0.2) is 28.5 Å². The first-order chi connectivity index (χ1) is 13.6. The Hall–Kier alpha value is -3.34. The average Bonchev–Trinajstić information content (AvgIpc) is 3.33. The van der Waals surface area contributed by atoms with Crippen molar-refractivity contribution in [2.24, 2.45) is 7.05 Å². The summed E-state index contributed by atoms with van der Waals surface area (Å²) in [6.07, 6.45) is 4.50. The van der Waals surface area contributed by atoms with Gasteiger partial charge in [0.05, 0.1) is 11.6 Å². The van der Waals surface area contributed by atoms with Crippen molar-refractivity contribution in [2.75, 3.05) is 13.1 Å². The maximum Gasteiger partial charge on any atom is 0.254 e. The molecule has 5 nitrogen and oxygen atoms in total. The second kappa shape index (κ2) is 6.37. The molecule has 1 unspecified atom stereocenters. The molecular weight excluding hydrogens is 352 g/mol. The molecular formula is C23H20N2O3. The van der Waals surface area contributed by atoms with Gasteiger partial charge in [-0.15, -0.1) is 0 Å². The van der Waals surface area contributed by atoms with Crippen LogP contribution in [0.25, 0.3) is 21.9 Å². The molecule has 4 aromatic rings. The minimum absolute atomic E-state index is 0.0175. The topological polar surface area (TPSA) is 55.5 Å². The lowest BCUT2D eigenvalue weighted by atomic mass is 9.98. The molecule has 1 fully saturated rings. The van der Waals surface area contributed by atoms with Gasteiger partial charge in [-0.2, -0.15) is 0 Å². The van der Waals surface area contributed by atoms with Gasteiger partial charge in [0.15, 0.2) is 5.43 Å². The fraction of sp³-hybridized carbons (Fsp3) is 0.217. The summed E-state index contributed by atoms with van der Waals surface area (Å²) in [5.74, 6) is 0.310. The minimum atomic E-state index is -0.0996. The molecule has 5 heteroatoms. The maximum absolute atomic E-state index is 13.0. The van der Waals surface area contributed by atoms with Gasteiger partial charge in [0.1, 0.15) is 5.58 Å². The fourth-order valence-electron chi connectivity index (χ4n) is 4.29. The van der Waals surface area contributed by atoms with Gasteiger partial charge in [-0.1, -0.05) is 18.2 Å². The van der Waals surface area contributed by atoms with Gasteiger partial charge in [0.2, 0.25) is 0 Å². The second-order valence-corrected chi connectivity index (χ2v) is 7.45. The Balaban J connectivity index is 1.42. The Morgan fingerprint density at radius 1 is 1.11 bits per heavy atom. The van der Waals surface area contributed by atoms with Gasteiger partial charge in [0, 0.05) is 54.8 Å². The zero-order valence-electron chi connectivity index (χ0n) is 15.6. The number of rotatable bonds is 2. The number of aromatic nitrogens is 1. The van der Waals surface area contributed by atoms with Crippen LogP contribution in [-0.2, 0) is 7.05 Å². The summed E-state index contributed by atoms with van der Waals surface area (Å²) in [6.45, 7) is 1.42. The van der Waals surface area contributed by atoms with Crippen LogP contribution in [0.15, 0.2) is 70.2 Å². The summed E-state index contributed by atoms with van der Waals surface area (Å²) in [5, 5.41) is 1.76. The van der Waals surface area contributed by atoms with Crippen LogP contribution in [0.3, 0.4) is 0 Å². The van der Waals surface area contributed by atoms with Gasteiger partial charge in [0.25, 0.3) is 5.91 Å². The summed E-state index contributed by atoms with van der Waals surface area (Å²) in [4.78, 5) is 26.8. The molecule has 0 bridgehead atoms. The number of benzene rings is 2. The van der Waals surface area contributed by atoms with E-state index < -0.39 is 0 Å². The van der Waals surface area contributed by atoms with E-state index in [1.165, 1.54) is 28.8 Å². The largest absolute Gasteiger partial charge is 0.464 e. The zero-order valence-corrected chi connectivity index (χ0v) is 15.6. The van der Waals surface area contributed by atoms with Gasteiger partial charge < -0.3 is 13.9 Å². The molecule has 2 aromatic carbocycles. The third kappa shape index (κ3) is 2.62. The number of amides is 1. The van der Waals surface area contributed by atoms with Crippen LogP contribution in [0.1, 0.15) is 28.3 Å². The summed E-state index contributed by atoms with van der Waals surface area (Å²) >= 11 is 0. The number of aryl methyl sites for hydroxylation is 1. The van der Waals surface area contributed by atoms with Gasteiger partial charge in [-0.25, -0.2) is 0 Å². The van der Waals surface area contributed by atoms with E-state index in [0.717, 1.165) is 13.0 Å². The fourth-order valence-corrected chi connectivity index (χ4v) is 4.29. The molecule has 0 spiro atoms. The van der Waals surface area contributed by atoms with Crippen molar-refractivity contribution >= 4 is 27.8 Å². The smallest absolute Gasteiger partial charge is 0.254 e. The minimum Gasteiger partial charge on any atom is -0.464 e. The number of carbonyl (C=O) groups is 1. The first-order valence-corrected chi connectivity index (χ1v) is 9.46. The lowest BCUT2D eigenvalue weighted by Crippen LogP contribution is -2.28. The highest BCUT2D eigenvalue weighted by molar-refractivity contribution is 5.97. The highest BCUT2D eigenvalue weighted by atomic mass is 16.3. The molecule has 28 heavy (non-hydrogen) atoms. The molecule has 0 radical (unpaired) electrons. The number of fused-ring (bicyclic) bond motifs is 2. The zero-order chi connectivity index (χ0) is 19.3. The summed E-state index contributed by atoms with van der Waals surface area (Å²) in [6, 6.07) is 14.8. The first-order valence-electron chi connectivity index (χ1n) is 9.46. The molecule has 0 N–H and O–H groups in total. The number of para-hydroxylation sites is 1. The highest BCUT2D eigenvalue weighted by Gasteiger charge is 2.30. The molecule has 140 valence electrons. The van der Waals surface area contributed by atoms with E-state index in [1.807, 2.05) is 4.90 Å². The van der Waals surface area contributed by atoms with Crippen molar-refractivity contribution < 1.29 is 9.21 Å². The molecule has 1 aliphatic heterocycles. The maximum atomic E-state index is 13.0. The van der Waals surface area contributed by atoms with E-state index in [2.05, 4.69) is 42.1 Å². The Bertz CT molecular complexity index is 1270. The monoisotopic (exact) mass is 372 g/mol. The van der Waals surface area contributed by atoms with Crippen LogP contribution in [0, 0.1) is 0 Å². The number of carbonyl (C=O) groups excluding carboxylic acids is 1. The molecule has 1 atom stereocenters. The van der Waals surface area contributed by atoms with Crippen LogP contribution >= 0.6 is 0 Å². The standard InChI is InChI=1S/C23H20N2O3/c1-24-14-19(17-4-2-3-5-20(17)24)16-8-10-25(13-16)23(27)15-6-7-18-21(26)9-11-28-22(18)12-15/h2-7,9,11-12,14,16H,8,10,13H2,1H3. The third-order valence-corrected chi connectivity index (χ3v) is 5.75. The lowest BCUT2D eigenvalue weighted by molar-refractivity contribution is 0.0791. The van der Waals surface area contributed by atoms with Crippen molar-refractivity contribution in [3.05, 3.63) is 82.3 Å². The predicted octanol–water partition coefficient (Wildman–Crippen LogP) is 3.91. The second-order valence-electron chi connectivity index (χ2n) is 7.45. The number of hydrogen-bond acceptors (Lipinski definition) is 3. The first kappa shape index (κ1) is 16.8. The lowest BCUT2D eigenvalue weighted by Gasteiger charge is -2.16. The van der Waals surface area contributed by atoms with E-state index in [4.69, 9.17) is 4.42 Å². The Labute approximate surface area is 161 Å². The van der Waals surface area contributed by atoms with Crippen molar-refractivity contribution in [3.63, 3.8) is 0 Å². The Kier molecular flexibility index (Phi) is 3.83. The van der Waals surface area contributed by atoms with Gasteiger partial charge in [-0.05, 0) is 36.2 Å². The molecule has 1 aliphatic rings. The molecule has 2 aromatic heterocycles. The van der Waals surface area contributed by atoms with Crippen LogP contribution < -0.4 is 5.43 Å². The number of hydrogen-bond donors (Lipinski definition) is 0. The molecule has 5 rings (SSSR count). The van der Waals surface area contributed by atoms with Crippen molar-refractivity contribution in [2.45, 2.75) is 12.3 Å². The van der Waals surface area contributed by atoms with E-state index in [-0.39, 0.29) is 11.3 Å². The van der Waals surface area contributed by atoms with Crippen molar-refractivity contribution in [1.29, 1.82) is 0 Å². The Morgan fingerprint density at radius 2 is 1.96 bits per heavy atom. The van der Waals surface area contributed by atoms with Gasteiger partial charge in [-0.3, -0.25) is 9.59 Å². The Morgan fingerprint density at radius 3 is 2.86 bits per heavy atom. The summed E-state index contributed by atoms with van der Waals surface area (Å²) < 4.78 is 7.57. The molecule has 0 aliphatic carbocycles. The third-order valence-electron chi connectivity index (χ3n) is 5.75. The quantitative estimate of drug-likeness (QED) is 0.536. The number of nitrogens with zero attached hydrogens (tertiary/aromatic N) is 2. The SMILES string of the molecule is Cn1cc(C2CCN(C(=O)c3ccc4c(=O)ccoc4c3)C2)c2ccccc21. The predicted molar refractivity (Wildman–Crippen MR) is 109 cm³/mol. The highest BCUT2D eigenvalue weighted by Crippen LogP contribution is 2.34. The number of likely N-dealkylation sites (tertiary alicyclic amines) is 1. The van der Waals surface area contributed by atoms with Crippen LogP contribution in [0.5, 0.6) is 0 Å². The molecule has 1 saturated heterocycles. The summed E-state index contributed by atoms with van der Waals surface area (Å²) in [5.41, 5.74) is 3.42. The van der Waals surface area contributed by atoms with Crippen molar-refractivity contribution in [3.8, 4) is 0 Å². The summed E-state index contributed by atoms with van der Waals surface area (Å²) in [7, 11) is 2.06. The molecule has 0 saturated carbocycles. The molecule has 1 amide bonds. The van der Waals surface area contributed by atoms with Gasteiger partial charge >= 0.3 is 0 Å². The normalized spacial score (nSPS) is 16.9. The van der Waals surface area contributed by atoms with E-state index in [0.29, 0.717) is 29.0 Å². The van der Waals surface area contributed by atoms with Crippen LogP contribution in [0.2, 0.25) is 0 Å². The van der Waals surface area contributed by atoms with E-state index in [9.17, 15) is 9.59 Å². The molecule has 3 heterocycles. The van der Waals surface area contributed by atoms with E-state index >= 15 is 0 Å².